The van der Waals surface area contributed by atoms with Crippen LogP contribution in [0.5, 0.6) is 0 Å². The zero-order valence-corrected chi connectivity index (χ0v) is 18.8. The molecule has 1 heterocycles. The molecule has 6 heteroatoms. The summed E-state index contributed by atoms with van der Waals surface area (Å²) in [5.74, 6) is 0.958. The number of hydrogen-bond donors (Lipinski definition) is 2. The molecular formula is C22H45N5O. The van der Waals surface area contributed by atoms with Crippen LogP contribution in [-0.4, -0.2) is 88.4 Å². The lowest BCUT2D eigenvalue weighted by molar-refractivity contribution is 0.105. The fourth-order valence-corrected chi connectivity index (χ4v) is 4.56. The highest BCUT2D eigenvalue weighted by molar-refractivity contribution is 5.79. The van der Waals surface area contributed by atoms with Gasteiger partial charge in [0.05, 0.1) is 0 Å². The summed E-state index contributed by atoms with van der Waals surface area (Å²) < 4.78 is 5.63. The van der Waals surface area contributed by atoms with Crippen LogP contribution in [0, 0.1) is 5.41 Å². The lowest BCUT2D eigenvalue weighted by Crippen LogP contribution is -2.46. The van der Waals surface area contributed by atoms with Crippen molar-refractivity contribution >= 4 is 5.96 Å². The second-order valence-corrected chi connectivity index (χ2v) is 8.49. The Kier molecular flexibility index (Phi) is 11.2. The molecule has 6 nitrogen and oxygen atoms in total. The van der Waals surface area contributed by atoms with E-state index in [1.54, 1.807) is 0 Å². The highest BCUT2D eigenvalue weighted by atomic mass is 16.5. The molecule has 2 fully saturated rings. The van der Waals surface area contributed by atoms with E-state index in [1.165, 1.54) is 77.8 Å². The number of ether oxygens (including phenoxy) is 1. The fourth-order valence-electron chi connectivity index (χ4n) is 4.56. The minimum atomic E-state index is 0.396. The molecule has 28 heavy (non-hydrogen) atoms. The van der Waals surface area contributed by atoms with Crippen molar-refractivity contribution in [3.05, 3.63) is 0 Å². The van der Waals surface area contributed by atoms with E-state index >= 15 is 0 Å². The third-order valence-electron chi connectivity index (χ3n) is 6.61. The molecule has 0 radical (unpaired) electrons. The van der Waals surface area contributed by atoms with Crippen molar-refractivity contribution in [3.8, 4) is 0 Å². The van der Waals surface area contributed by atoms with Crippen LogP contribution < -0.4 is 10.6 Å². The Balaban J connectivity index is 1.58. The Morgan fingerprint density at radius 3 is 2.36 bits per heavy atom. The van der Waals surface area contributed by atoms with Crippen LogP contribution in [0.4, 0.5) is 0 Å². The molecule has 0 amide bonds. The van der Waals surface area contributed by atoms with Crippen LogP contribution in [0.25, 0.3) is 0 Å². The molecule has 0 aromatic rings. The summed E-state index contributed by atoms with van der Waals surface area (Å²) in [4.78, 5) is 9.58. The fraction of sp³-hybridized carbons (Fsp3) is 0.955. The average molecular weight is 396 g/mol. The zero-order chi connectivity index (χ0) is 20.1. The van der Waals surface area contributed by atoms with Gasteiger partial charge in [0.25, 0.3) is 0 Å². The SMILES string of the molecule is CCOCCC1(CNC(=NC)NCCCCN2CCN(CC)CC2)CCCC1. The molecule has 2 N–H and O–H groups in total. The lowest BCUT2D eigenvalue weighted by Gasteiger charge is -2.34. The van der Waals surface area contributed by atoms with Gasteiger partial charge in [0, 0.05) is 59.5 Å². The molecule has 164 valence electrons. The summed E-state index contributed by atoms with van der Waals surface area (Å²) in [6.07, 6.45) is 8.96. The molecule has 0 aromatic carbocycles. The molecule has 0 aromatic heterocycles. The molecule has 0 spiro atoms. The van der Waals surface area contributed by atoms with E-state index in [2.05, 4.69) is 39.3 Å². The van der Waals surface area contributed by atoms with E-state index in [0.29, 0.717) is 5.41 Å². The lowest BCUT2D eigenvalue weighted by atomic mass is 9.83. The van der Waals surface area contributed by atoms with Crippen molar-refractivity contribution in [1.82, 2.24) is 20.4 Å². The first-order valence-corrected chi connectivity index (χ1v) is 11.7. The molecule has 1 aliphatic carbocycles. The number of likely N-dealkylation sites (N-methyl/N-ethyl adjacent to an activating group) is 1. The molecular weight excluding hydrogens is 350 g/mol. The second kappa shape index (κ2) is 13.4. The van der Waals surface area contributed by atoms with Crippen molar-refractivity contribution in [2.75, 3.05) is 72.6 Å². The van der Waals surface area contributed by atoms with E-state index in [0.717, 1.165) is 38.7 Å². The first-order valence-electron chi connectivity index (χ1n) is 11.7. The van der Waals surface area contributed by atoms with Crippen LogP contribution in [-0.2, 0) is 4.74 Å². The maximum absolute atomic E-state index is 5.63. The number of nitrogens with zero attached hydrogens (tertiary/aromatic N) is 3. The standard InChI is InChI=1S/C22H45N5O/c1-4-26-15-17-27(18-16-26)14-9-8-13-24-21(23-3)25-20-22(10-6-7-11-22)12-19-28-5-2/h4-20H2,1-3H3,(H2,23,24,25). The van der Waals surface area contributed by atoms with Gasteiger partial charge in [0.15, 0.2) is 5.96 Å². The highest BCUT2D eigenvalue weighted by Gasteiger charge is 2.33. The monoisotopic (exact) mass is 395 g/mol. The largest absolute Gasteiger partial charge is 0.382 e. The Morgan fingerprint density at radius 2 is 1.71 bits per heavy atom. The van der Waals surface area contributed by atoms with Crippen molar-refractivity contribution in [1.29, 1.82) is 0 Å². The number of guanidine groups is 1. The summed E-state index contributed by atoms with van der Waals surface area (Å²) in [6.45, 7) is 15.4. The maximum atomic E-state index is 5.63. The van der Waals surface area contributed by atoms with Crippen LogP contribution in [0.1, 0.15) is 58.8 Å². The van der Waals surface area contributed by atoms with E-state index in [9.17, 15) is 0 Å². The molecule has 0 unspecified atom stereocenters. The first kappa shape index (κ1) is 23.4. The van der Waals surface area contributed by atoms with Crippen LogP contribution in [0.15, 0.2) is 4.99 Å². The van der Waals surface area contributed by atoms with Gasteiger partial charge in [-0.1, -0.05) is 19.8 Å². The molecule has 1 aliphatic heterocycles. The van der Waals surface area contributed by atoms with Crippen LogP contribution in [0.2, 0.25) is 0 Å². The summed E-state index contributed by atoms with van der Waals surface area (Å²) >= 11 is 0. The predicted molar refractivity (Wildman–Crippen MR) is 119 cm³/mol. The van der Waals surface area contributed by atoms with Crippen molar-refractivity contribution in [2.24, 2.45) is 10.4 Å². The van der Waals surface area contributed by atoms with Gasteiger partial charge in [-0.15, -0.1) is 0 Å². The Hall–Kier alpha value is -0.850. The molecule has 2 aliphatic rings. The second-order valence-electron chi connectivity index (χ2n) is 8.49. The van der Waals surface area contributed by atoms with Gasteiger partial charge < -0.3 is 25.2 Å². The van der Waals surface area contributed by atoms with Gasteiger partial charge in [-0.05, 0) is 57.5 Å². The topological polar surface area (TPSA) is 52.1 Å². The van der Waals surface area contributed by atoms with Crippen molar-refractivity contribution in [3.63, 3.8) is 0 Å². The van der Waals surface area contributed by atoms with Gasteiger partial charge in [0.1, 0.15) is 0 Å². The quantitative estimate of drug-likeness (QED) is 0.302. The number of hydrogen-bond acceptors (Lipinski definition) is 4. The molecule has 0 bridgehead atoms. The number of rotatable bonds is 12. The van der Waals surface area contributed by atoms with Gasteiger partial charge in [-0.3, -0.25) is 4.99 Å². The van der Waals surface area contributed by atoms with E-state index < -0.39 is 0 Å². The Morgan fingerprint density at radius 1 is 1.00 bits per heavy atom. The van der Waals surface area contributed by atoms with Gasteiger partial charge in [-0.2, -0.15) is 0 Å². The number of aliphatic imine (C=N–C) groups is 1. The van der Waals surface area contributed by atoms with Gasteiger partial charge in [0.2, 0.25) is 0 Å². The Labute approximate surface area is 173 Å². The normalized spacial score (nSPS) is 21.2. The van der Waals surface area contributed by atoms with Gasteiger partial charge in [-0.25, -0.2) is 0 Å². The number of piperazine rings is 1. The predicted octanol–water partition coefficient (Wildman–Crippen LogP) is 2.56. The Bertz CT molecular complexity index is 429. The summed E-state index contributed by atoms with van der Waals surface area (Å²) in [6, 6.07) is 0. The summed E-state index contributed by atoms with van der Waals surface area (Å²) in [7, 11) is 1.88. The minimum Gasteiger partial charge on any atom is -0.382 e. The molecule has 1 saturated heterocycles. The van der Waals surface area contributed by atoms with Crippen LogP contribution >= 0.6 is 0 Å². The minimum absolute atomic E-state index is 0.396. The molecule has 1 saturated carbocycles. The number of unbranched alkanes of at least 4 members (excludes halogenated alkanes) is 1. The third-order valence-corrected chi connectivity index (χ3v) is 6.61. The van der Waals surface area contributed by atoms with Gasteiger partial charge >= 0.3 is 0 Å². The average Bonchev–Trinajstić information content (AvgIpc) is 3.19. The summed E-state index contributed by atoms with van der Waals surface area (Å²) in [5, 5.41) is 7.11. The van der Waals surface area contributed by atoms with E-state index in [-0.39, 0.29) is 0 Å². The summed E-state index contributed by atoms with van der Waals surface area (Å²) in [5.41, 5.74) is 0.396. The van der Waals surface area contributed by atoms with E-state index in [1.807, 2.05) is 7.05 Å². The molecule has 0 atom stereocenters. The zero-order valence-electron chi connectivity index (χ0n) is 18.8. The van der Waals surface area contributed by atoms with Crippen molar-refractivity contribution in [2.45, 2.75) is 58.8 Å². The smallest absolute Gasteiger partial charge is 0.190 e. The molecule has 2 rings (SSSR count). The van der Waals surface area contributed by atoms with E-state index in [4.69, 9.17) is 4.74 Å². The third kappa shape index (κ3) is 8.26. The van der Waals surface area contributed by atoms with Crippen LogP contribution in [0.3, 0.4) is 0 Å². The maximum Gasteiger partial charge on any atom is 0.190 e. The first-order chi connectivity index (χ1) is 13.7. The van der Waals surface area contributed by atoms with Crippen molar-refractivity contribution < 1.29 is 4.74 Å². The number of nitrogens with one attached hydrogen (secondary N) is 2. The highest BCUT2D eigenvalue weighted by Crippen LogP contribution is 2.40.